The topological polar surface area (TPSA) is 24.9 Å². The monoisotopic (exact) mass is 276 g/mol. The lowest BCUT2D eigenvalue weighted by Crippen LogP contribution is -2.26. The minimum Gasteiger partial charge on any atom is -0.305 e. The Morgan fingerprint density at radius 2 is 2.05 bits per heavy atom. The first-order valence-corrected chi connectivity index (χ1v) is 6.73. The van der Waals surface area contributed by atoms with Gasteiger partial charge in [0.05, 0.1) is 11.7 Å². The Bertz CT molecular complexity index is 584. The SMILES string of the molecule is CCCNC(c1cc(F)ccc1F)c1ncccc1C. The molecule has 0 aliphatic rings. The first kappa shape index (κ1) is 14.6. The van der Waals surface area contributed by atoms with E-state index in [9.17, 15) is 8.78 Å². The molecule has 0 aliphatic carbocycles. The zero-order valence-electron chi connectivity index (χ0n) is 11.7. The van der Waals surface area contributed by atoms with E-state index in [-0.39, 0.29) is 0 Å². The van der Waals surface area contributed by atoms with Crippen molar-refractivity contribution in [3.05, 3.63) is 65.0 Å². The van der Waals surface area contributed by atoms with Crippen LogP contribution < -0.4 is 5.32 Å². The van der Waals surface area contributed by atoms with Crippen LogP contribution in [-0.2, 0) is 0 Å². The van der Waals surface area contributed by atoms with Crippen molar-refractivity contribution >= 4 is 0 Å². The molecule has 2 aromatic rings. The maximum Gasteiger partial charge on any atom is 0.128 e. The molecule has 0 fully saturated rings. The van der Waals surface area contributed by atoms with Gasteiger partial charge < -0.3 is 5.32 Å². The first-order valence-electron chi connectivity index (χ1n) is 6.73. The van der Waals surface area contributed by atoms with Crippen molar-refractivity contribution in [1.82, 2.24) is 10.3 Å². The molecule has 106 valence electrons. The number of nitrogens with one attached hydrogen (secondary N) is 1. The molecule has 20 heavy (non-hydrogen) atoms. The molecule has 0 spiro atoms. The third kappa shape index (κ3) is 3.20. The second kappa shape index (κ2) is 6.57. The van der Waals surface area contributed by atoms with E-state index in [2.05, 4.69) is 10.3 Å². The molecule has 4 heteroatoms. The van der Waals surface area contributed by atoms with Gasteiger partial charge in [-0.15, -0.1) is 0 Å². The highest BCUT2D eigenvalue weighted by Crippen LogP contribution is 2.26. The summed E-state index contributed by atoms with van der Waals surface area (Å²) in [6, 6.07) is 6.82. The van der Waals surface area contributed by atoms with Gasteiger partial charge in [-0.2, -0.15) is 0 Å². The van der Waals surface area contributed by atoms with E-state index in [4.69, 9.17) is 0 Å². The number of halogens is 2. The van der Waals surface area contributed by atoms with E-state index in [1.165, 1.54) is 6.07 Å². The molecule has 1 aromatic heterocycles. The number of hydrogen-bond donors (Lipinski definition) is 1. The molecule has 0 saturated carbocycles. The quantitative estimate of drug-likeness (QED) is 0.899. The second-order valence-corrected chi connectivity index (χ2v) is 4.76. The molecule has 0 bridgehead atoms. The highest BCUT2D eigenvalue weighted by molar-refractivity contribution is 5.33. The summed E-state index contributed by atoms with van der Waals surface area (Å²) in [5.41, 5.74) is 1.97. The van der Waals surface area contributed by atoms with E-state index >= 15 is 0 Å². The van der Waals surface area contributed by atoms with Gasteiger partial charge in [-0.25, -0.2) is 8.78 Å². The molecule has 0 amide bonds. The number of aromatic nitrogens is 1. The average Bonchev–Trinajstić information content (AvgIpc) is 2.44. The molecule has 1 unspecified atom stereocenters. The minimum atomic E-state index is -0.446. The van der Waals surface area contributed by atoms with Crippen LogP contribution in [0.2, 0.25) is 0 Å². The van der Waals surface area contributed by atoms with Crippen LogP contribution in [0.25, 0.3) is 0 Å². The van der Waals surface area contributed by atoms with Gasteiger partial charge in [0.2, 0.25) is 0 Å². The first-order chi connectivity index (χ1) is 9.63. The van der Waals surface area contributed by atoms with Gasteiger partial charge in [0.1, 0.15) is 11.6 Å². The standard InChI is InChI=1S/C16H18F2N2/c1-3-8-19-16(15-11(2)5-4-9-20-15)13-10-12(17)6-7-14(13)18/h4-7,9-10,16,19H,3,8H2,1-2H3. The lowest BCUT2D eigenvalue weighted by Gasteiger charge is -2.20. The van der Waals surface area contributed by atoms with E-state index in [1.54, 1.807) is 6.20 Å². The maximum absolute atomic E-state index is 14.0. The third-order valence-corrected chi connectivity index (χ3v) is 3.19. The molecule has 0 aliphatic heterocycles. The molecular formula is C16H18F2N2. The predicted molar refractivity (Wildman–Crippen MR) is 75.5 cm³/mol. The third-order valence-electron chi connectivity index (χ3n) is 3.19. The van der Waals surface area contributed by atoms with Crippen molar-refractivity contribution in [1.29, 1.82) is 0 Å². The Morgan fingerprint density at radius 1 is 1.25 bits per heavy atom. The van der Waals surface area contributed by atoms with Crippen LogP contribution in [0, 0.1) is 18.6 Å². The van der Waals surface area contributed by atoms with Crippen LogP contribution in [0.1, 0.15) is 36.2 Å². The number of rotatable bonds is 5. The van der Waals surface area contributed by atoms with Crippen LogP contribution >= 0.6 is 0 Å². The molecule has 0 saturated heterocycles. The van der Waals surface area contributed by atoms with Crippen LogP contribution in [-0.4, -0.2) is 11.5 Å². The van der Waals surface area contributed by atoms with Crippen LogP contribution in [0.3, 0.4) is 0 Å². The van der Waals surface area contributed by atoms with Gasteiger partial charge in [0.25, 0.3) is 0 Å². The van der Waals surface area contributed by atoms with E-state index < -0.39 is 17.7 Å². The Morgan fingerprint density at radius 3 is 2.75 bits per heavy atom. The maximum atomic E-state index is 14.0. The fourth-order valence-electron chi connectivity index (χ4n) is 2.18. The van der Waals surface area contributed by atoms with E-state index in [0.717, 1.165) is 29.8 Å². The normalized spacial score (nSPS) is 12.4. The molecule has 0 radical (unpaired) electrons. The van der Waals surface area contributed by atoms with Gasteiger partial charge >= 0.3 is 0 Å². The number of benzene rings is 1. The average molecular weight is 276 g/mol. The van der Waals surface area contributed by atoms with Crippen molar-refractivity contribution in [3.63, 3.8) is 0 Å². The number of hydrogen-bond acceptors (Lipinski definition) is 2. The summed E-state index contributed by atoms with van der Waals surface area (Å²) in [6.45, 7) is 4.65. The number of nitrogens with zero attached hydrogens (tertiary/aromatic N) is 1. The minimum absolute atomic E-state index is 0.292. The van der Waals surface area contributed by atoms with E-state index in [0.29, 0.717) is 12.1 Å². The van der Waals surface area contributed by atoms with Crippen molar-refractivity contribution in [2.24, 2.45) is 0 Å². The lowest BCUT2D eigenvalue weighted by molar-refractivity contribution is 0.527. The van der Waals surface area contributed by atoms with Crippen LogP contribution in [0.4, 0.5) is 8.78 Å². The predicted octanol–water partition coefficient (Wildman–Crippen LogP) is 3.76. The molecule has 1 aromatic carbocycles. The highest BCUT2D eigenvalue weighted by Gasteiger charge is 2.20. The summed E-state index contributed by atoms with van der Waals surface area (Å²) in [5.74, 6) is -0.872. The van der Waals surface area contributed by atoms with Gasteiger partial charge in [-0.3, -0.25) is 4.98 Å². The molecule has 1 heterocycles. The highest BCUT2D eigenvalue weighted by atomic mass is 19.1. The summed E-state index contributed by atoms with van der Waals surface area (Å²) < 4.78 is 27.5. The summed E-state index contributed by atoms with van der Waals surface area (Å²) >= 11 is 0. The zero-order valence-corrected chi connectivity index (χ0v) is 11.7. The molecule has 2 nitrogen and oxygen atoms in total. The molecule has 1 N–H and O–H groups in total. The summed E-state index contributed by atoms with van der Waals surface area (Å²) in [7, 11) is 0. The smallest absolute Gasteiger partial charge is 0.128 e. The number of aryl methyl sites for hydroxylation is 1. The zero-order chi connectivity index (χ0) is 14.5. The Hall–Kier alpha value is -1.81. The summed E-state index contributed by atoms with van der Waals surface area (Å²) in [4.78, 5) is 4.33. The summed E-state index contributed by atoms with van der Waals surface area (Å²) in [6.07, 6.45) is 2.57. The van der Waals surface area contributed by atoms with E-state index in [1.807, 2.05) is 26.0 Å². The van der Waals surface area contributed by atoms with Gasteiger partial charge in [-0.1, -0.05) is 13.0 Å². The molecule has 1 atom stereocenters. The molecular weight excluding hydrogens is 258 g/mol. The second-order valence-electron chi connectivity index (χ2n) is 4.76. The lowest BCUT2D eigenvalue weighted by atomic mass is 9.99. The van der Waals surface area contributed by atoms with Gasteiger partial charge in [0.15, 0.2) is 0 Å². The van der Waals surface area contributed by atoms with Crippen molar-refractivity contribution in [2.45, 2.75) is 26.3 Å². The Kier molecular flexibility index (Phi) is 4.79. The van der Waals surface area contributed by atoms with Gasteiger partial charge in [-0.05, 0) is 49.7 Å². The van der Waals surface area contributed by atoms with Crippen molar-refractivity contribution in [3.8, 4) is 0 Å². The summed E-state index contributed by atoms with van der Waals surface area (Å²) in [5, 5.41) is 3.24. The van der Waals surface area contributed by atoms with Crippen LogP contribution in [0.5, 0.6) is 0 Å². The fraction of sp³-hybridized carbons (Fsp3) is 0.312. The Labute approximate surface area is 117 Å². The van der Waals surface area contributed by atoms with Crippen molar-refractivity contribution < 1.29 is 8.78 Å². The molecule has 2 rings (SSSR count). The fourth-order valence-corrected chi connectivity index (χ4v) is 2.18. The van der Waals surface area contributed by atoms with Gasteiger partial charge in [0, 0.05) is 11.8 Å². The number of pyridine rings is 1. The Balaban J connectivity index is 2.47. The largest absolute Gasteiger partial charge is 0.305 e. The van der Waals surface area contributed by atoms with Crippen molar-refractivity contribution in [2.75, 3.05) is 6.54 Å². The van der Waals surface area contributed by atoms with Crippen LogP contribution in [0.15, 0.2) is 36.5 Å².